The lowest BCUT2D eigenvalue weighted by Gasteiger charge is -2.36. The fraction of sp³-hybridized carbons (Fsp3) is 0.429. The number of hydrogen-bond acceptors (Lipinski definition) is 4. The lowest BCUT2D eigenvalue weighted by atomic mass is 9.98. The Bertz CT molecular complexity index is 996. The van der Waals surface area contributed by atoms with E-state index in [1.165, 1.54) is 16.8 Å². The summed E-state index contributed by atoms with van der Waals surface area (Å²) in [7, 11) is 0. The average Bonchev–Trinajstić information content (AvgIpc) is 3.21. The maximum Gasteiger partial charge on any atom is 0.223 e. The van der Waals surface area contributed by atoms with Crippen molar-refractivity contribution in [2.75, 3.05) is 0 Å². The van der Waals surface area contributed by atoms with Crippen molar-refractivity contribution in [3.8, 4) is 0 Å². The Balaban J connectivity index is 1.34. The van der Waals surface area contributed by atoms with Gasteiger partial charge in [-0.1, -0.05) is 0 Å². The number of nitrogens with zero attached hydrogens (tertiary/aromatic N) is 5. The quantitative estimate of drug-likeness (QED) is 0.716. The van der Waals surface area contributed by atoms with Crippen LogP contribution in [0, 0.1) is 6.92 Å². The molecule has 0 unspecified atom stereocenters. The molecule has 5 heterocycles. The Morgan fingerprint density at radius 3 is 2.96 bits per heavy atom. The van der Waals surface area contributed by atoms with Gasteiger partial charge < -0.3 is 4.90 Å². The Morgan fingerprint density at radius 2 is 2.11 bits per heavy atom. The molecule has 2 atom stereocenters. The van der Waals surface area contributed by atoms with Crippen molar-refractivity contribution >= 4 is 11.6 Å². The van der Waals surface area contributed by atoms with Crippen LogP contribution in [0.5, 0.6) is 0 Å². The van der Waals surface area contributed by atoms with E-state index in [0.717, 1.165) is 43.4 Å². The predicted octanol–water partition coefficient (Wildman–Crippen LogP) is 3.04. The molecule has 2 aliphatic heterocycles. The number of hydrogen-bond donors (Lipinski definition) is 0. The maximum atomic E-state index is 13.0. The van der Waals surface area contributed by atoms with Crippen LogP contribution in [0.15, 0.2) is 36.8 Å². The molecule has 6 heteroatoms. The first-order valence-corrected chi connectivity index (χ1v) is 9.75. The van der Waals surface area contributed by atoms with Gasteiger partial charge in [0.25, 0.3) is 0 Å². The van der Waals surface area contributed by atoms with Crippen molar-refractivity contribution in [1.29, 1.82) is 0 Å². The van der Waals surface area contributed by atoms with Crippen molar-refractivity contribution < 1.29 is 4.79 Å². The zero-order valence-electron chi connectivity index (χ0n) is 15.5. The number of carbonyl (C=O) groups excluding carboxylic acids is 1. The van der Waals surface area contributed by atoms with Gasteiger partial charge in [0, 0.05) is 49.1 Å². The highest BCUT2D eigenvalue weighted by Gasteiger charge is 2.43. The minimum Gasteiger partial charge on any atom is -0.332 e. The second-order valence-electron chi connectivity index (χ2n) is 7.68. The van der Waals surface area contributed by atoms with Crippen LogP contribution in [-0.4, -0.2) is 36.4 Å². The number of amides is 1. The topological polar surface area (TPSA) is 63.4 Å². The normalized spacial score (nSPS) is 20.9. The third kappa shape index (κ3) is 2.80. The molecule has 1 fully saturated rings. The second-order valence-corrected chi connectivity index (χ2v) is 7.68. The van der Waals surface area contributed by atoms with Gasteiger partial charge in [-0.05, 0) is 50.3 Å². The molecule has 0 saturated carbocycles. The van der Waals surface area contributed by atoms with Crippen LogP contribution in [0.2, 0.25) is 0 Å². The predicted molar refractivity (Wildman–Crippen MR) is 101 cm³/mol. The molecule has 2 bridgehead atoms. The summed E-state index contributed by atoms with van der Waals surface area (Å²) in [6, 6.07) is 6.51. The zero-order valence-corrected chi connectivity index (χ0v) is 15.5. The lowest BCUT2D eigenvalue weighted by Crippen LogP contribution is -2.42. The van der Waals surface area contributed by atoms with Gasteiger partial charge in [0.2, 0.25) is 5.91 Å². The highest BCUT2D eigenvalue weighted by Crippen LogP contribution is 2.43. The van der Waals surface area contributed by atoms with Gasteiger partial charge in [0.1, 0.15) is 0 Å². The maximum absolute atomic E-state index is 13.0. The first-order chi connectivity index (χ1) is 13.2. The van der Waals surface area contributed by atoms with E-state index >= 15 is 0 Å². The molecule has 0 N–H and O–H groups in total. The van der Waals surface area contributed by atoms with Gasteiger partial charge in [-0.25, -0.2) is 9.50 Å². The number of carbonyl (C=O) groups is 1. The third-order valence-electron chi connectivity index (χ3n) is 5.92. The van der Waals surface area contributed by atoms with Gasteiger partial charge >= 0.3 is 0 Å². The summed E-state index contributed by atoms with van der Waals surface area (Å²) in [5.41, 5.74) is 5.55. The van der Waals surface area contributed by atoms with Crippen LogP contribution in [0.25, 0.3) is 5.65 Å². The number of rotatable bonds is 4. The Labute approximate surface area is 158 Å². The standard InChI is InChI=1S/C21H23N5O/c1-14-11-20-23-13-17-18-6-5-16(12-19(17)26(20)24-14)25(18)21(27)4-2-3-15-7-9-22-10-8-15/h7-11,13,16,18H,2-6,12H2,1H3/t16-,18+/m1/s1. The van der Waals surface area contributed by atoms with Crippen molar-refractivity contribution in [2.45, 2.75) is 57.5 Å². The molecule has 0 spiro atoms. The van der Waals surface area contributed by atoms with Crippen LogP contribution >= 0.6 is 0 Å². The minimum absolute atomic E-state index is 0.161. The first-order valence-electron chi connectivity index (χ1n) is 9.75. The summed E-state index contributed by atoms with van der Waals surface area (Å²) in [5, 5.41) is 4.62. The van der Waals surface area contributed by atoms with Crippen LogP contribution in [0.1, 0.15) is 54.2 Å². The summed E-state index contributed by atoms with van der Waals surface area (Å²) in [5.74, 6) is 0.277. The molecule has 3 aromatic rings. The van der Waals surface area contributed by atoms with Crippen LogP contribution in [0.3, 0.4) is 0 Å². The monoisotopic (exact) mass is 361 g/mol. The second kappa shape index (κ2) is 6.44. The summed E-state index contributed by atoms with van der Waals surface area (Å²) in [6.45, 7) is 2.00. The molecule has 0 aliphatic carbocycles. The molecule has 2 aliphatic rings. The molecule has 3 aromatic heterocycles. The fourth-order valence-corrected chi connectivity index (χ4v) is 4.70. The molecule has 1 amide bonds. The fourth-order valence-electron chi connectivity index (χ4n) is 4.70. The van der Waals surface area contributed by atoms with E-state index in [4.69, 9.17) is 0 Å². The zero-order chi connectivity index (χ0) is 18.4. The van der Waals surface area contributed by atoms with E-state index in [1.807, 2.05) is 48.2 Å². The van der Waals surface area contributed by atoms with Crippen LogP contribution in [-0.2, 0) is 17.6 Å². The number of aryl methyl sites for hydroxylation is 2. The van der Waals surface area contributed by atoms with Gasteiger partial charge in [-0.2, -0.15) is 5.10 Å². The smallest absolute Gasteiger partial charge is 0.223 e. The summed E-state index contributed by atoms with van der Waals surface area (Å²) < 4.78 is 1.99. The summed E-state index contributed by atoms with van der Waals surface area (Å²) >= 11 is 0. The Hall–Kier alpha value is -2.76. The Kier molecular flexibility index (Phi) is 3.92. The van der Waals surface area contributed by atoms with Crippen molar-refractivity contribution in [3.63, 3.8) is 0 Å². The molecule has 0 radical (unpaired) electrons. The van der Waals surface area contributed by atoms with Gasteiger partial charge in [-0.15, -0.1) is 0 Å². The van der Waals surface area contributed by atoms with E-state index in [-0.39, 0.29) is 11.9 Å². The van der Waals surface area contributed by atoms with Gasteiger partial charge in [0.15, 0.2) is 5.65 Å². The van der Waals surface area contributed by atoms with E-state index in [1.54, 1.807) is 0 Å². The number of aromatic nitrogens is 4. The van der Waals surface area contributed by atoms with Crippen LogP contribution in [0.4, 0.5) is 0 Å². The largest absolute Gasteiger partial charge is 0.332 e. The molecule has 1 saturated heterocycles. The SMILES string of the molecule is Cc1cc2ncc3c(n2n1)C[C@H]1CC[C@@H]3N1C(=O)CCCc1ccncc1. The van der Waals surface area contributed by atoms with Crippen LogP contribution < -0.4 is 0 Å². The van der Waals surface area contributed by atoms with Gasteiger partial charge in [0.05, 0.1) is 17.4 Å². The summed E-state index contributed by atoms with van der Waals surface area (Å²) in [6.07, 6.45) is 11.0. The molecule has 27 heavy (non-hydrogen) atoms. The highest BCUT2D eigenvalue weighted by atomic mass is 16.2. The molecule has 5 rings (SSSR count). The summed E-state index contributed by atoms with van der Waals surface area (Å²) in [4.78, 5) is 23.8. The Morgan fingerprint density at radius 1 is 1.26 bits per heavy atom. The highest BCUT2D eigenvalue weighted by molar-refractivity contribution is 5.78. The third-order valence-corrected chi connectivity index (χ3v) is 5.92. The lowest BCUT2D eigenvalue weighted by molar-refractivity contribution is -0.134. The average molecular weight is 361 g/mol. The number of fused-ring (bicyclic) bond motifs is 6. The first kappa shape index (κ1) is 16.4. The van der Waals surface area contributed by atoms with Crippen molar-refractivity contribution in [1.82, 2.24) is 24.5 Å². The van der Waals surface area contributed by atoms with E-state index < -0.39 is 0 Å². The molecular formula is C21H23N5O. The van der Waals surface area contributed by atoms with Crippen molar-refractivity contribution in [3.05, 3.63) is 59.3 Å². The molecule has 138 valence electrons. The van der Waals surface area contributed by atoms with Gasteiger partial charge in [-0.3, -0.25) is 9.78 Å². The number of pyridine rings is 1. The molecular weight excluding hydrogens is 338 g/mol. The van der Waals surface area contributed by atoms with E-state index in [9.17, 15) is 4.79 Å². The van der Waals surface area contributed by atoms with Crippen molar-refractivity contribution in [2.24, 2.45) is 0 Å². The molecule has 6 nitrogen and oxygen atoms in total. The van der Waals surface area contributed by atoms with E-state index in [0.29, 0.717) is 12.5 Å². The molecule has 0 aromatic carbocycles. The van der Waals surface area contributed by atoms with E-state index in [2.05, 4.69) is 20.0 Å². The minimum atomic E-state index is 0.161.